The summed E-state index contributed by atoms with van der Waals surface area (Å²) in [5, 5.41) is 5.54. The van der Waals surface area contributed by atoms with Crippen LogP contribution in [-0.4, -0.2) is 33.1 Å². The molecule has 0 spiro atoms. The second-order valence-corrected chi connectivity index (χ2v) is 8.88. The lowest BCUT2D eigenvalue weighted by Crippen LogP contribution is -2.11. The molecule has 1 aromatic carbocycles. The van der Waals surface area contributed by atoms with Gasteiger partial charge in [-0.2, -0.15) is 0 Å². The van der Waals surface area contributed by atoms with Crippen LogP contribution in [0, 0.1) is 5.92 Å². The van der Waals surface area contributed by atoms with Crippen molar-refractivity contribution < 1.29 is 4.74 Å². The summed E-state index contributed by atoms with van der Waals surface area (Å²) in [4.78, 5) is 18.5. The van der Waals surface area contributed by atoms with Gasteiger partial charge in [-0.3, -0.25) is 4.98 Å². The molecule has 0 aliphatic carbocycles. The van der Waals surface area contributed by atoms with Crippen LogP contribution in [-0.2, 0) is 17.8 Å². The largest absolute Gasteiger partial charge is 0.373 e. The maximum atomic E-state index is 6.33. The van der Waals surface area contributed by atoms with E-state index in [4.69, 9.17) is 37.9 Å². The number of pyridine rings is 2. The molecule has 1 N–H and O–H groups in total. The third-order valence-electron chi connectivity index (χ3n) is 4.93. The highest BCUT2D eigenvalue weighted by molar-refractivity contribution is 6.33. The number of rotatable bonds is 9. The lowest BCUT2D eigenvalue weighted by molar-refractivity contribution is 0.0925. The zero-order valence-corrected chi connectivity index (χ0v) is 20.1. The average Bonchev–Trinajstić information content (AvgIpc) is 2.80. The van der Waals surface area contributed by atoms with Gasteiger partial charge in [-0.05, 0) is 48.2 Å². The molecular formula is C25H25Cl2N5O. The summed E-state index contributed by atoms with van der Waals surface area (Å²) in [6.45, 7) is 5.81. The van der Waals surface area contributed by atoms with Crippen molar-refractivity contribution in [3.05, 3.63) is 76.2 Å². The van der Waals surface area contributed by atoms with Crippen molar-refractivity contribution in [2.24, 2.45) is 5.92 Å². The van der Waals surface area contributed by atoms with Crippen LogP contribution in [0.15, 0.2) is 54.7 Å². The number of halogens is 2. The molecule has 0 atom stereocenters. The Labute approximate surface area is 203 Å². The first-order chi connectivity index (χ1) is 16.0. The van der Waals surface area contributed by atoms with Gasteiger partial charge in [-0.25, -0.2) is 15.0 Å². The summed E-state index contributed by atoms with van der Waals surface area (Å²) in [7, 11) is 0. The molecule has 0 unspecified atom stereocenters. The fourth-order valence-corrected chi connectivity index (χ4v) is 3.81. The molecule has 0 saturated heterocycles. The fraction of sp³-hybridized carbons (Fsp3) is 0.280. The second-order valence-electron chi connectivity index (χ2n) is 8.07. The molecule has 0 fully saturated rings. The van der Waals surface area contributed by atoms with E-state index in [0.29, 0.717) is 59.4 Å². The van der Waals surface area contributed by atoms with Crippen molar-refractivity contribution in [3.8, 4) is 11.4 Å². The van der Waals surface area contributed by atoms with Crippen LogP contribution in [0.4, 0.5) is 5.82 Å². The van der Waals surface area contributed by atoms with Crippen LogP contribution in [0.25, 0.3) is 22.4 Å². The minimum absolute atomic E-state index is 0.309. The van der Waals surface area contributed by atoms with E-state index in [2.05, 4.69) is 29.1 Å². The highest BCUT2D eigenvalue weighted by Crippen LogP contribution is 2.27. The zero-order chi connectivity index (χ0) is 23.2. The van der Waals surface area contributed by atoms with Crippen LogP contribution in [0.5, 0.6) is 0 Å². The Bertz CT molecular complexity index is 1250. The van der Waals surface area contributed by atoms with Crippen LogP contribution >= 0.6 is 23.2 Å². The predicted octanol–water partition coefficient (Wildman–Crippen LogP) is 6.22. The zero-order valence-electron chi connectivity index (χ0n) is 18.6. The highest BCUT2D eigenvalue weighted by atomic mass is 35.5. The first kappa shape index (κ1) is 23.4. The maximum absolute atomic E-state index is 6.33. The van der Waals surface area contributed by atoms with Crippen molar-refractivity contribution in [2.45, 2.75) is 26.9 Å². The van der Waals surface area contributed by atoms with Crippen LogP contribution in [0.1, 0.15) is 25.2 Å². The van der Waals surface area contributed by atoms with Crippen molar-refractivity contribution in [1.82, 2.24) is 19.9 Å². The number of hydrogen-bond donors (Lipinski definition) is 1. The van der Waals surface area contributed by atoms with Gasteiger partial charge in [0.15, 0.2) is 11.5 Å². The molecule has 33 heavy (non-hydrogen) atoms. The summed E-state index contributed by atoms with van der Waals surface area (Å²) < 4.78 is 5.78. The van der Waals surface area contributed by atoms with Gasteiger partial charge in [0.2, 0.25) is 0 Å². The lowest BCUT2D eigenvalue weighted by atomic mass is 10.1. The number of ether oxygens (including phenoxy) is 1. The molecule has 0 saturated carbocycles. The predicted molar refractivity (Wildman–Crippen MR) is 134 cm³/mol. The first-order valence-electron chi connectivity index (χ1n) is 10.8. The van der Waals surface area contributed by atoms with E-state index in [1.807, 2.05) is 36.4 Å². The van der Waals surface area contributed by atoms with Crippen molar-refractivity contribution >= 4 is 40.1 Å². The van der Waals surface area contributed by atoms with E-state index < -0.39 is 0 Å². The van der Waals surface area contributed by atoms with Crippen molar-refractivity contribution in [3.63, 3.8) is 0 Å². The Morgan fingerprint density at radius 2 is 1.76 bits per heavy atom. The molecule has 0 aliphatic heterocycles. The van der Waals surface area contributed by atoms with Gasteiger partial charge in [-0.15, -0.1) is 0 Å². The SMILES string of the molecule is CC(C)COCc1nc(NCCc2ccccc2Cl)c2ccc(-c3ncccc3Cl)nc2n1. The van der Waals surface area contributed by atoms with Crippen LogP contribution in [0.3, 0.4) is 0 Å². The number of aromatic nitrogens is 4. The monoisotopic (exact) mass is 481 g/mol. The van der Waals surface area contributed by atoms with Gasteiger partial charge in [0.1, 0.15) is 18.1 Å². The summed E-state index contributed by atoms with van der Waals surface area (Å²) in [5.74, 6) is 1.70. The van der Waals surface area contributed by atoms with Gasteiger partial charge < -0.3 is 10.1 Å². The van der Waals surface area contributed by atoms with E-state index in [1.54, 1.807) is 18.3 Å². The lowest BCUT2D eigenvalue weighted by Gasteiger charge is -2.13. The Hall–Kier alpha value is -2.80. The topological polar surface area (TPSA) is 72.8 Å². The molecule has 0 aliphatic rings. The Balaban J connectivity index is 1.64. The molecule has 3 heterocycles. The molecule has 8 heteroatoms. The van der Waals surface area contributed by atoms with Gasteiger partial charge in [0.25, 0.3) is 0 Å². The highest BCUT2D eigenvalue weighted by Gasteiger charge is 2.13. The van der Waals surface area contributed by atoms with Gasteiger partial charge >= 0.3 is 0 Å². The van der Waals surface area contributed by atoms with E-state index >= 15 is 0 Å². The van der Waals surface area contributed by atoms with E-state index in [-0.39, 0.29) is 0 Å². The van der Waals surface area contributed by atoms with E-state index in [1.165, 1.54) is 0 Å². The summed E-state index contributed by atoms with van der Waals surface area (Å²) >= 11 is 12.6. The molecular weight excluding hydrogens is 457 g/mol. The molecule has 6 nitrogen and oxygen atoms in total. The van der Waals surface area contributed by atoms with Gasteiger partial charge in [0, 0.05) is 24.4 Å². The van der Waals surface area contributed by atoms with Crippen molar-refractivity contribution in [1.29, 1.82) is 0 Å². The quantitative estimate of drug-likeness (QED) is 0.305. The average molecular weight is 482 g/mol. The number of nitrogens with one attached hydrogen (secondary N) is 1. The molecule has 0 amide bonds. The first-order valence-corrected chi connectivity index (χ1v) is 11.6. The normalized spacial score (nSPS) is 11.3. The standard InChI is InChI=1S/C25H25Cl2N5O/c1-16(2)14-33-15-22-31-24(29-13-11-17-6-3-4-7-19(17)26)18-9-10-21(30-25(18)32-22)23-20(27)8-5-12-28-23/h3-10,12,16H,11,13-15H2,1-2H3,(H,29,30,31,32). The Morgan fingerprint density at radius 3 is 2.55 bits per heavy atom. The third kappa shape index (κ3) is 5.96. The van der Waals surface area contributed by atoms with Crippen molar-refractivity contribution in [2.75, 3.05) is 18.5 Å². The number of hydrogen-bond acceptors (Lipinski definition) is 6. The molecule has 0 bridgehead atoms. The Kier molecular flexibility index (Phi) is 7.70. The minimum Gasteiger partial charge on any atom is -0.373 e. The van der Waals surface area contributed by atoms with Gasteiger partial charge in [0.05, 0.1) is 16.1 Å². The number of nitrogens with zero attached hydrogens (tertiary/aromatic N) is 4. The molecule has 3 aromatic heterocycles. The Morgan fingerprint density at radius 1 is 0.939 bits per heavy atom. The van der Waals surface area contributed by atoms with Crippen LogP contribution in [0.2, 0.25) is 10.0 Å². The minimum atomic E-state index is 0.309. The smallest absolute Gasteiger partial charge is 0.165 e. The number of benzene rings is 1. The number of anilines is 1. The summed E-state index contributed by atoms with van der Waals surface area (Å²) in [6, 6.07) is 15.3. The van der Waals surface area contributed by atoms with E-state index in [9.17, 15) is 0 Å². The second kappa shape index (κ2) is 10.9. The molecule has 4 aromatic rings. The van der Waals surface area contributed by atoms with E-state index in [0.717, 1.165) is 22.4 Å². The molecule has 170 valence electrons. The summed E-state index contributed by atoms with van der Waals surface area (Å²) in [6.07, 6.45) is 2.46. The fourth-order valence-electron chi connectivity index (χ4n) is 3.36. The maximum Gasteiger partial charge on any atom is 0.165 e. The van der Waals surface area contributed by atoms with Crippen LogP contribution < -0.4 is 5.32 Å². The van der Waals surface area contributed by atoms with Gasteiger partial charge in [-0.1, -0.05) is 55.2 Å². The molecule has 4 rings (SSSR count). The molecule has 0 radical (unpaired) electrons. The summed E-state index contributed by atoms with van der Waals surface area (Å²) in [5.41, 5.74) is 2.91. The third-order valence-corrected chi connectivity index (χ3v) is 5.61. The number of fused-ring (bicyclic) bond motifs is 1.